The molecule has 1 heterocycles. The van der Waals surface area contributed by atoms with Gasteiger partial charge in [0.2, 0.25) is 0 Å². The summed E-state index contributed by atoms with van der Waals surface area (Å²) in [5.41, 5.74) is 0.596. The van der Waals surface area contributed by atoms with E-state index in [2.05, 4.69) is 11.7 Å². The lowest BCUT2D eigenvalue weighted by molar-refractivity contribution is 0.732. The van der Waals surface area contributed by atoms with E-state index in [1.54, 1.807) is 31.3 Å². The SMILES string of the molecule is C=c1[nH]n(C)c(=O)c1=Cc1ccc(Cl)cc1Cl. The number of halogens is 2. The molecular weight excluding hydrogens is 259 g/mol. The molecule has 3 nitrogen and oxygen atoms in total. The highest BCUT2D eigenvalue weighted by atomic mass is 35.5. The van der Waals surface area contributed by atoms with E-state index in [-0.39, 0.29) is 5.56 Å². The lowest BCUT2D eigenvalue weighted by Gasteiger charge is -1.97. The molecule has 0 bridgehead atoms. The van der Waals surface area contributed by atoms with Crippen molar-refractivity contribution in [2.75, 3.05) is 0 Å². The molecule has 0 amide bonds. The first-order valence-electron chi connectivity index (χ1n) is 4.90. The van der Waals surface area contributed by atoms with Gasteiger partial charge in [-0.1, -0.05) is 35.8 Å². The molecule has 0 atom stereocenters. The Labute approximate surface area is 108 Å². The normalized spacial score (nSPS) is 12.1. The molecule has 88 valence electrons. The first-order chi connectivity index (χ1) is 7.99. The average molecular weight is 269 g/mol. The number of rotatable bonds is 1. The van der Waals surface area contributed by atoms with E-state index in [4.69, 9.17) is 23.2 Å². The van der Waals surface area contributed by atoms with Crippen molar-refractivity contribution < 1.29 is 0 Å². The van der Waals surface area contributed by atoms with Crippen molar-refractivity contribution in [1.82, 2.24) is 9.78 Å². The first-order valence-corrected chi connectivity index (χ1v) is 5.65. The van der Waals surface area contributed by atoms with Crippen LogP contribution in [0.15, 0.2) is 23.0 Å². The van der Waals surface area contributed by atoms with Crippen LogP contribution in [0, 0.1) is 0 Å². The molecule has 0 aliphatic heterocycles. The Balaban J connectivity index is 2.72. The maximum atomic E-state index is 11.8. The van der Waals surface area contributed by atoms with Crippen molar-refractivity contribution in [2.24, 2.45) is 7.05 Å². The third-order valence-electron chi connectivity index (χ3n) is 2.43. The smallest absolute Gasteiger partial charge is 0.274 e. The molecule has 2 rings (SSSR count). The van der Waals surface area contributed by atoms with E-state index in [9.17, 15) is 4.79 Å². The van der Waals surface area contributed by atoms with Crippen LogP contribution in [0.3, 0.4) is 0 Å². The zero-order valence-electron chi connectivity index (χ0n) is 9.13. The van der Waals surface area contributed by atoms with Crippen molar-refractivity contribution >= 4 is 35.9 Å². The van der Waals surface area contributed by atoms with Crippen molar-refractivity contribution in [3.8, 4) is 0 Å². The van der Waals surface area contributed by atoms with Crippen molar-refractivity contribution in [3.05, 3.63) is 54.7 Å². The van der Waals surface area contributed by atoms with E-state index in [0.29, 0.717) is 20.6 Å². The van der Waals surface area contributed by atoms with Gasteiger partial charge >= 0.3 is 0 Å². The molecule has 0 unspecified atom stereocenters. The fraction of sp³-hybridized carbons (Fsp3) is 0.0833. The minimum Gasteiger partial charge on any atom is -0.296 e. The van der Waals surface area contributed by atoms with Crippen LogP contribution in [-0.4, -0.2) is 9.78 Å². The number of H-pyrrole nitrogens is 1. The summed E-state index contributed by atoms with van der Waals surface area (Å²) < 4.78 is 1.37. The van der Waals surface area contributed by atoms with Crippen LogP contribution < -0.4 is 16.1 Å². The van der Waals surface area contributed by atoms with Gasteiger partial charge in [0.25, 0.3) is 5.56 Å². The predicted molar refractivity (Wildman–Crippen MR) is 70.8 cm³/mol. The third-order valence-corrected chi connectivity index (χ3v) is 2.99. The van der Waals surface area contributed by atoms with Crippen molar-refractivity contribution in [3.63, 3.8) is 0 Å². The van der Waals surface area contributed by atoms with Crippen LogP contribution in [0.25, 0.3) is 12.7 Å². The molecule has 0 saturated carbocycles. The van der Waals surface area contributed by atoms with Gasteiger partial charge in [-0.15, -0.1) is 0 Å². The zero-order valence-corrected chi connectivity index (χ0v) is 10.6. The number of hydrogen-bond acceptors (Lipinski definition) is 1. The van der Waals surface area contributed by atoms with Gasteiger partial charge in [0, 0.05) is 17.1 Å². The van der Waals surface area contributed by atoms with Crippen molar-refractivity contribution in [1.29, 1.82) is 0 Å². The number of benzene rings is 1. The van der Waals surface area contributed by atoms with Gasteiger partial charge in [0.1, 0.15) is 0 Å². The Morgan fingerprint density at radius 3 is 2.65 bits per heavy atom. The van der Waals surface area contributed by atoms with Gasteiger partial charge in [-0.25, -0.2) is 0 Å². The summed E-state index contributed by atoms with van der Waals surface area (Å²) in [6.45, 7) is 3.77. The molecule has 0 saturated heterocycles. The number of hydrogen-bond donors (Lipinski definition) is 1. The van der Waals surface area contributed by atoms with Gasteiger partial charge < -0.3 is 0 Å². The van der Waals surface area contributed by atoms with Gasteiger partial charge in [-0.2, -0.15) is 0 Å². The molecule has 0 fully saturated rings. The minimum absolute atomic E-state index is 0.138. The molecule has 2 aromatic rings. The molecular formula is C12H10Cl2N2O. The first kappa shape index (κ1) is 12.0. The average Bonchev–Trinajstić information content (AvgIpc) is 2.48. The molecule has 5 heteroatoms. The lowest BCUT2D eigenvalue weighted by atomic mass is 10.2. The summed E-state index contributed by atoms with van der Waals surface area (Å²) in [5.74, 6) is 0. The quantitative estimate of drug-likeness (QED) is 0.831. The Morgan fingerprint density at radius 2 is 2.12 bits per heavy atom. The van der Waals surface area contributed by atoms with Crippen LogP contribution in [0.2, 0.25) is 10.0 Å². The maximum absolute atomic E-state index is 11.8. The topological polar surface area (TPSA) is 37.8 Å². The molecule has 17 heavy (non-hydrogen) atoms. The number of aromatic amines is 1. The molecule has 0 spiro atoms. The largest absolute Gasteiger partial charge is 0.296 e. The molecule has 1 aromatic heterocycles. The Morgan fingerprint density at radius 1 is 1.41 bits per heavy atom. The number of aryl methyl sites for hydroxylation is 1. The van der Waals surface area contributed by atoms with Crippen LogP contribution in [0.5, 0.6) is 0 Å². The predicted octanol–water partition coefficient (Wildman–Crippen LogP) is 1.26. The summed E-state index contributed by atoms with van der Waals surface area (Å²) in [5, 5.41) is 4.93. The van der Waals surface area contributed by atoms with E-state index in [0.717, 1.165) is 5.56 Å². The summed E-state index contributed by atoms with van der Waals surface area (Å²) >= 11 is 11.8. The van der Waals surface area contributed by atoms with Gasteiger partial charge in [0.05, 0.1) is 10.6 Å². The van der Waals surface area contributed by atoms with Crippen LogP contribution >= 0.6 is 23.2 Å². The van der Waals surface area contributed by atoms with E-state index < -0.39 is 0 Å². The Kier molecular flexibility index (Phi) is 3.13. The van der Waals surface area contributed by atoms with Crippen LogP contribution in [-0.2, 0) is 7.05 Å². The standard InChI is InChI=1S/C12H10Cl2N2O/c1-7-10(12(17)16(2)15-7)5-8-3-4-9(13)6-11(8)14/h3-6,15H,1H2,2H3. The molecule has 0 aliphatic rings. The fourth-order valence-corrected chi connectivity index (χ4v) is 2.01. The Hall–Kier alpha value is -1.45. The molecule has 1 aromatic carbocycles. The second kappa shape index (κ2) is 4.43. The second-order valence-electron chi connectivity index (χ2n) is 3.68. The van der Waals surface area contributed by atoms with Gasteiger partial charge in [-0.05, 0) is 23.8 Å². The maximum Gasteiger partial charge on any atom is 0.274 e. The zero-order chi connectivity index (χ0) is 12.6. The summed E-state index contributed by atoms with van der Waals surface area (Å²) in [6, 6.07) is 5.12. The molecule has 0 aliphatic carbocycles. The minimum atomic E-state index is -0.138. The fourth-order valence-electron chi connectivity index (χ4n) is 1.55. The van der Waals surface area contributed by atoms with Gasteiger partial charge in [0.15, 0.2) is 0 Å². The number of nitrogens with one attached hydrogen (secondary N) is 1. The Bertz CT molecular complexity index is 728. The third kappa shape index (κ3) is 2.30. The second-order valence-corrected chi connectivity index (χ2v) is 4.52. The summed E-state index contributed by atoms with van der Waals surface area (Å²) in [7, 11) is 1.64. The van der Waals surface area contributed by atoms with E-state index in [1.807, 2.05) is 0 Å². The van der Waals surface area contributed by atoms with Crippen LogP contribution in [0.4, 0.5) is 0 Å². The highest BCUT2D eigenvalue weighted by molar-refractivity contribution is 6.35. The highest BCUT2D eigenvalue weighted by Gasteiger charge is 2.01. The number of nitrogens with zero attached hydrogens (tertiary/aromatic N) is 1. The highest BCUT2D eigenvalue weighted by Crippen LogP contribution is 2.20. The van der Waals surface area contributed by atoms with E-state index >= 15 is 0 Å². The number of aromatic nitrogens is 2. The molecule has 1 N–H and O–H groups in total. The van der Waals surface area contributed by atoms with E-state index in [1.165, 1.54) is 4.68 Å². The van der Waals surface area contributed by atoms with Crippen LogP contribution in [0.1, 0.15) is 5.56 Å². The monoisotopic (exact) mass is 268 g/mol. The van der Waals surface area contributed by atoms with Crippen molar-refractivity contribution in [2.45, 2.75) is 0 Å². The molecule has 0 radical (unpaired) electrons. The summed E-state index contributed by atoms with van der Waals surface area (Å²) in [6.07, 6.45) is 1.69. The van der Waals surface area contributed by atoms with Gasteiger partial charge in [-0.3, -0.25) is 14.6 Å². The lowest BCUT2D eigenvalue weighted by Crippen LogP contribution is -2.33. The summed E-state index contributed by atoms with van der Waals surface area (Å²) in [4.78, 5) is 11.8.